The Kier molecular flexibility index (Phi) is 5.84. The molecule has 3 rings (SSSR count). The van der Waals surface area contributed by atoms with Crippen LogP contribution in [0.3, 0.4) is 0 Å². The van der Waals surface area contributed by atoms with Gasteiger partial charge in [-0.15, -0.1) is 0 Å². The second-order valence-corrected chi connectivity index (χ2v) is 6.53. The molecule has 1 atom stereocenters. The van der Waals surface area contributed by atoms with E-state index in [1.54, 1.807) is 57.5 Å². The molecule has 1 N–H and O–H groups in total. The zero-order valence-corrected chi connectivity index (χ0v) is 16.1. The lowest BCUT2D eigenvalue weighted by molar-refractivity contribution is -0.129. The van der Waals surface area contributed by atoms with Gasteiger partial charge in [-0.2, -0.15) is 0 Å². The summed E-state index contributed by atoms with van der Waals surface area (Å²) in [6, 6.07) is 9.56. The number of nitrogens with zero attached hydrogens (tertiary/aromatic N) is 1. The number of amides is 1. The van der Waals surface area contributed by atoms with Crippen LogP contribution in [-0.2, 0) is 9.53 Å². The topological polar surface area (TPSA) is 89.2 Å². The van der Waals surface area contributed by atoms with Crippen LogP contribution in [0.1, 0.15) is 34.3 Å². The maximum absolute atomic E-state index is 13.1. The van der Waals surface area contributed by atoms with Crippen molar-refractivity contribution in [1.29, 1.82) is 0 Å². The Morgan fingerprint density at radius 2 is 2.04 bits per heavy atom. The second-order valence-electron chi connectivity index (χ2n) is 6.53. The van der Waals surface area contributed by atoms with Crippen molar-refractivity contribution in [3.63, 3.8) is 0 Å². The molecule has 0 aliphatic carbocycles. The van der Waals surface area contributed by atoms with Crippen LogP contribution in [0, 0.1) is 6.92 Å². The number of aliphatic hydroxyl groups excluding tert-OH is 1. The highest BCUT2D eigenvalue weighted by Gasteiger charge is 2.44. The smallest absolute Gasteiger partial charge is 0.290 e. The summed E-state index contributed by atoms with van der Waals surface area (Å²) in [5.74, 6) is -0.407. The van der Waals surface area contributed by atoms with Crippen molar-refractivity contribution in [2.24, 2.45) is 0 Å². The van der Waals surface area contributed by atoms with Crippen LogP contribution < -0.4 is 4.74 Å². The van der Waals surface area contributed by atoms with Crippen molar-refractivity contribution in [2.45, 2.75) is 19.4 Å². The van der Waals surface area contributed by atoms with Crippen LogP contribution in [0.4, 0.5) is 0 Å². The van der Waals surface area contributed by atoms with Crippen LogP contribution in [-0.4, -0.2) is 49.1 Å². The van der Waals surface area contributed by atoms with Crippen LogP contribution in [0.25, 0.3) is 0 Å². The van der Waals surface area contributed by atoms with Gasteiger partial charge in [0.2, 0.25) is 5.78 Å². The monoisotopic (exact) mass is 385 g/mol. The molecule has 7 nitrogen and oxygen atoms in total. The Morgan fingerprint density at radius 3 is 2.68 bits per heavy atom. The maximum atomic E-state index is 13.1. The van der Waals surface area contributed by atoms with E-state index in [1.807, 2.05) is 0 Å². The third-order valence-electron chi connectivity index (χ3n) is 4.67. The van der Waals surface area contributed by atoms with Gasteiger partial charge in [0.05, 0.1) is 18.7 Å². The molecule has 148 valence electrons. The largest absolute Gasteiger partial charge is 0.503 e. The number of carbonyl (C=O) groups excluding carboxylic acids is 2. The first kappa shape index (κ1) is 19.7. The number of furan rings is 1. The second kappa shape index (κ2) is 8.31. The quantitative estimate of drug-likeness (QED) is 0.554. The average molecular weight is 385 g/mol. The van der Waals surface area contributed by atoms with Crippen LogP contribution >= 0.6 is 0 Å². The lowest BCUT2D eigenvalue weighted by atomic mass is 9.95. The Morgan fingerprint density at radius 1 is 1.25 bits per heavy atom. The lowest BCUT2D eigenvalue weighted by Crippen LogP contribution is -2.32. The van der Waals surface area contributed by atoms with Gasteiger partial charge in [-0.3, -0.25) is 9.59 Å². The predicted molar refractivity (Wildman–Crippen MR) is 101 cm³/mol. The van der Waals surface area contributed by atoms with Crippen molar-refractivity contribution in [3.05, 3.63) is 64.8 Å². The van der Waals surface area contributed by atoms with E-state index in [-0.39, 0.29) is 11.3 Å². The normalized spacial score (nSPS) is 16.8. The highest BCUT2D eigenvalue weighted by atomic mass is 16.5. The van der Waals surface area contributed by atoms with Gasteiger partial charge in [-0.25, -0.2) is 0 Å². The van der Waals surface area contributed by atoms with E-state index < -0.39 is 23.5 Å². The molecule has 28 heavy (non-hydrogen) atoms. The Labute approximate surface area is 163 Å². The fraction of sp³-hybridized carbons (Fsp3) is 0.333. The van der Waals surface area contributed by atoms with Crippen molar-refractivity contribution in [2.75, 3.05) is 27.4 Å². The molecule has 0 spiro atoms. The summed E-state index contributed by atoms with van der Waals surface area (Å²) in [7, 11) is 3.12. The number of benzene rings is 1. The number of ether oxygens (including phenoxy) is 2. The fourth-order valence-corrected chi connectivity index (χ4v) is 3.34. The van der Waals surface area contributed by atoms with Gasteiger partial charge in [0.15, 0.2) is 11.5 Å². The standard InChI is InChI=1S/C21H23NO6/c1-13-8-9-16(28-13)19(23)17-18(14-6-4-7-15(12-14)27-3)22(10-5-11-26-2)21(25)20(17)24/h4,6-9,12,18,24H,5,10-11H2,1-3H3. The van der Waals surface area contributed by atoms with E-state index >= 15 is 0 Å². The Hall–Kier alpha value is -3.06. The van der Waals surface area contributed by atoms with E-state index in [9.17, 15) is 14.7 Å². The Balaban J connectivity index is 2.05. The van der Waals surface area contributed by atoms with Gasteiger partial charge in [0.1, 0.15) is 11.5 Å². The molecule has 0 bridgehead atoms. The minimum Gasteiger partial charge on any atom is -0.503 e. The van der Waals surface area contributed by atoms with E-state index in [2.05, 4.69) is 0 Å². The van der Waals surface area contributed by atoms with E-state index in [4.69, 9.17) is 13.9 Å². The minimum absolute atomic E-state index is 0.00465. The molecular weight excluding hydrogens is 362 g/mol. The molecule has 0 radical (unpaired) electrons. The SMILES string of the molecule is COCCCN1C(=O)C(O)=C(C(=O)c2ccc(C)o2)C1c1cccc(OC)c1. The maximum Gasteiger partial charge on any atom is 0.290 e. The van der Waals surface area contributed by atoms with Crippen molar-refractivity contribution in [1.82, 2.24) is 4.90 Å². The van der Waals surface area contributed by atoms with Gasteiger partial charge in [-0.1, -0.05) is 12.1 Å². The number of hydrogen-bond donors (Lipinski definition) is 1. The molecule has 0 saturated carbocycles. The first-order valence-electron chi connectivity index (χ1n) is 8.96. The van der Waals surface area contributed by atoms with Crippen LogP contribution in [0.15, 0.2) is 52.1 Å². The zero-order chi connectivity index (χ0) is 20.3. The molecule has 1 aliphatic heterocycles. The number of aryl methyl sites for hydroxylation is 1. The molecule has 1 unspecified atom stereocenters. The third kappa shape index (κ3) is 3.66. The van der Waals surface area contributed by atoms with Gasteiger partial charge in [-0.05, 0) is 43.2 Å². The molecule has 2 aromatic rings. The van der Waals surface area contributed by atoms with E-state index in [0.29, 0.717) is 36.6 Å². The first-order chi connectivity index (χ1) is 13.5. The summed E-state index contributed by atoms with van der Waals surface area (Å²) < 4.78 is 15.8. The summed E-state index contributed by atoms with van der Waals surface area (Å²) in [5, 5.41) is 10.5. The summed E-state index contributed by atoms with van der Waals surface area (Å²) in [4.78, 5) is 27.3. The number of aliphatic hydroxyl groups is 1. The molecule has 0 saturated heterocycles. The highest BCUT2D eigenvalue weighted by Crippen LogP contribution is 2.40. The number of ketones is 1. The molecule has 1 aromatic heterocycles. The number of methoxy groups -OCH3 is 2. The molecule has 7 heteroatoms. The summed E-state index contributed by atoms with van der Waals surface area (Å²) >= 11 is 0. The van der Waals surface area contributed by atoms with Crippen LogP contribution in [0.5, 0.6) is 5.75 Å². The molecule has 1 amide bonds. The zero-order valence-electron chi connectivity index (χ0n) is 16.1. The number of hydrogen-bond acceptors (Lipinski definition) is 6. The van der Waals surface area contributed by atoms with Crippen LogP contribution in [0.2, 0.25) is 0 Å². The minimum atomic E-state index is -0.739. The average Bonchev–Trinajstić information content (AvgIpc) is 3.24. The number of Topliss-reactive ketones (excluding diaryl/α,β-unsaturated/α-hetero) is 1. The van der Waals surface area contributed by atoms with Crippen molar-refractivity contribution < 1.29 is 28.6 Å². The highest BCUT2D eigenvalue weighted by molar-refractivity contribution is 6.15. The Bertz CT molecular complexity index is 913. The molecule has 1 aliphatic rings. The third-order valence-corrected chi connectivity index (χ3v) is 4.67. The van der Waals surface area contributed by atoms with Gasteiger partial charge >= 0.3 is 0 Å². The number of carbonyl (C=O) groups is 2. The van der Waals surface area contributed by atoms with Crippen molar-refractivity contribution >= 4 is 11.7 Å². The first-order valence-corrected chi connectivity index (χ1v) is 8.96. The molecule has 2 heterocycles. The predicted octanol–water partition coefficient (Wildman–Crippen LogP) is 3.21. The molecule has 1 aromatic carbocycles. The molecular formula is C21H23NO6. The molecule has 0 fully saturated rings. The van der Waals surface area contributed by atoms with Gasteiger partial charge in [0, 0.05) is 20.3 Å². The van der Waals surface area contributed by atoms with E-state index in [1.165, 1.54) is 4.90 Å². The van der Waals surface area contributed by atoms with Crippen molar-refractivity contribution in [3.8, 4) is 5.75 Å². The summed E-state index contributed by atoms with van der Waals surface area (Å²) in [6.07, 6.45) is 0.567. The van der Waals surface area contributed by atoms with Gasteiger partial charge < -0.3 is 23.9 Å². The number of rotatable bonds is 8. The summed E-state index contributed by atoms with van der Waals surface area (Å²) in [6.45, 7) is 2.50. The van der Waals surface area contributed by atoms with Gasteiger partial charge in [0.25, 0.3) is 5.91 Å². The van der Waals surface area contributed by atoms with E-state index in [0.717, 1.165) is 0 Å². The lowest BCUT2D eigenvalue weighted by Gasteiger charge is -2.26. The fourth-order valence-electron chi connectivity index (χ4n) is 3.34. The summed E-state index contributed by atoms with van der Waals surface area (Å²) in [5.41, 5.74) is 0.672.